The van der Waals surface area contributed by atoms with E-state index >= 15 is 0 Å². The molecule has 10 heteroatoms. The van der Waals surface area contributed by atoms with Gasteiger partial charge < -0.3 is 18.9 Å². The maximum absolute atomic E-state index is 13.6. The summed E-state index contributed by atoms with van der Waals surface area (Å²) in [7, 11) is 5.16. The maximum atomic E-state index is 13.6. The number of nitrogens with zero attached hydrogens (tertiary/aromatic N) is 6. The van der Waals surface area contributed by atoms with Gasteiger partial charge in [0.1, 0.15) is 23.1 Å². The Kier molecular flexibility index (Phi) is 10.9. The molecule has 0 spiro atoms. The van der Waals surface area contributed by atoms with Gasteiger partial charge in [-0.05, 0) is 97.8 Å². The SMILES string of the molecule is COc1cc(-c2cn(C)c(=O)c(C)c2C)cc(OC)c1CN1CCN(Cc2cccc3c2CCN(C(=O)/C(C#N)=C/c2cc(C)ccn2)C3C)CC1. The maximum Gasteiger partial charge on any atom is 0.265 e. The van der Waals surface area contributed by atoms with Crippen LogP contribution in [-0.4, -0.2) is 77.1 Å². The van der Waals surface area contributed by atoms with E-state index in [2.05, 4.69) is 46.0 Å². The molecule has 6 rings (SSSR count). The number of ether oxygens (including phenoxy) is 2. The van der Waals surface area contributed by atoms with E-state index in [1.807, 2.05) is 56.1 Å². The number of nitriles is 1. The van der Waals surface area contributed by atoms with Gasteiger partial charge in [0.2, 0.25) is 0 Å². The van der Waals surface area contributed by atoms with Gasteiger partial charge in [-0.15, -0.1) is 0 Å². The molecule has 1 amide bonds. The molecule has 0 bridgehead atoms. The minimum Gasteiger partial charge on any atom is -0.496 e. The molecule has 1 saturated heterocycles. The summed E-state index contributed by atoms with van der Waals surface area (Å²) >= 11 is 0. The average Bonchev–Trinajstić information content (AvgIpc) is 3.15. The van der Waals surface area contributed by atoms with E-state index in [1.54, 1.807) is 38.1 Å². The number of pyridine rings is 2. The molecule has 2 aliphatic rings. The molecule has 2 aliphatic heterocycles. The normalized spacial score (nSPS) is 16.7. The largest absolute Gasteiger partial charge is 0.496 e. The number of carbonyl (C=O) groups excluding carboxylic acids is 1. The van der Waals surface area contributed by atoms with Gasteiger partial charge in [-0.2, -0.15) is 5.26 Å². The quantitative estimate of drug-likeness (QED) is 0.161. The van der Waals surface area contributed by atoms with Gasteiger partial charge in [0, 0.05) is 76.4 Å². The van der Waals surface area contributed by atoms with Crippen molar-refractivity contribution in [1.29, 1.82) is 5.26 Å². The molecule has 52 heavy (non-hydrogen) atoms. The van der Waals surface area contributed by atoms with Crippen molar-refractivity contribution in [2.45, 2.75) is 53.2 Å². The molecule has 10 nitrogen and oxygen atoms in total. The summed E-state index contributed by atoms with van der Waals surface area (Å²) in [5.41, 5.74) is 10.1. The number of benzene rings is 2. The highest BCUT2D eigenvalue weighted by Gasteiger charge is 2.31. The Hall–Kier alpha value is -5.24. The Labute approximate surface area is 306 Å². The fourth-order valence-electron chi connectivity index (χ4n) is 7.59. The summed E-state index contributed by atoms with van der Waals surface area (Å²) in [6.45, 7) is 13.6. The summed E-state index contributed by atoms with van der Waals surface area (Å²) in [5.74, 6) is 1.28. The topological polar surface area (TPSA) is 104 Å². The lowest BCUT2D eigenvalue weighted by Gasteiger charge is -2.38. The van der Waals surface area contributed by atoms with Gasteiger partial charge in [-0.1, -0.05) is 18.2 Å². The zero-order valence-corrected chi connectivity index (χ0v) is 31.3. The van der Waals surface area contributed by atoms with E-state index in [0.29, 0.717) is 18.8 Å². The molecule has 0 radical (unpaired) electrons. The number of piperazine rings is 1. The highest BCUT2D eigenvalue weighted by atomic mass is 16.5. The van der Waals surface area contributed by atoms with Crippen LogP contribution in [0.4, 0.5) is 0 Å². The van der Waals surface area contributed by atoms with Crippen molar-refractivity contribution < 1.29 is 14.3 Å². The molecule has 1 fully saturated rings. The second-order valence-electron chi connectivity index (χ2n) is 14.0. The molecular formula is C42H48N6O4. The highest BCUT2D eigenvalue weighted by Crippen LogP contribution is 2.38. The number of carbonyl (C=O) groups is 1. The van der Waals surface area contributed by atoms with Gasteiger partial charge >= 0.3 is 0 Å². The van der Waals surface area contributed by atoms with Crippen molar-refractivity contribution >= 4 is 12.0 Å². The van der Waals surface area contributed by atoms with Crippen LogP contribution in [0.25, 0.3) is 17.2 Å². The number of rotatable bonds is 9. The van der Waals surface area contributed by atoms with E-state index in [4.69, 9.17) is 9.47 Å². The van der Waals surface area contributed by atoms with Gasteiger partial charge in [-0.25, -0.2) is 0 Å². The number of hydrogen-bond acceptors (Lipinski definition) is 8. The van der Waals surface area contributed by atoms with Crippen molar-refractivity contribution in [2.24, 2.45) is 7.05 Å². The molecule has 270 valence electrons. The Morgan fingerprint density at radius 1 is 0.962 bits per heavy atom. The van der Waals surface area contributed by atoms with Crippen LogP contribution in [0.1, 0.15) is 57.6 Å². The molecule has 4 aromatic rings. The van der Waals surface area contributed by atoms with Crippen molar-refractivity contribution in [2.75, 3.05) is 46.9 Å². The smallest absolute Gasteiger partial charge is 0.265 e. The monoisotopic (exact) mass is 700 g/mol. The third-order valence-electron chi connectivity index (χ3n) is 10.8. The Morgan fingerprint density at radius 3 is 2.27 bits per heavy atom. The zero-order chi connectivity index (χ0) is 37.1. The second-order valence-corrected chi connectivity index (χ2v) is 14.0. The van der Waals surface area contributed by atoms with Gasteiger partial charge in [0.05, 0.1) is 31.5 Å². The van der Waals surface area contributed by atoms with Crippen LogP contribution < -0.4 is 15.0 Å². The lowest BCUT2D eigenvalue weighted by atomic mass is 9.89. The first-order valence-corrected chi connectivity index (χ1v) is 17.9. The third kappa shape index (κ3) is 7.38. The summed E-state index contributed by atoms with van der Waals surface area (Å²) in [4.78, 5) is 37.1. The Morgan fingerprint density at radius 2 is 1.63 bits per heavy atom. The van der Waals surface area contributed by atoms with Crippen molar-refractivity contribution in [3.05, 3.63) is 115 Å². The molecule has 4 heterocycles. The van der Waals surface area contributed by atoms with Crippen LogP contribution in [-0.2, 0) is 31.4 Å². The minimum atomic E-state index is -0.259. The lowest BCUT2D eigenvalue weighted by molar-refractivity contribution is -0.129. The van der Waals surface area contributed by atoms with E-state index in [-0.39, 0.29) is 23.1 Å². The van der Waals surface area contributed by atoms with Crippen LogP contribution in [0, 0.1) is 32.1 Å². The molecular weight excluding hydrogens is 652 g/mol. The first kappa shape index (κ1) is 36.5. The molecule has 1 atom stereocenters. The van der Waals surface area contributed by atoms with Crippen LogP contribution >= 0.6 is 0 Å². The van der Waals surface area contributed by atoms with Crippen LogP contribution in [0.2, 0.25) is 0 Å². The molecule has 0 N–H and O–H groups in total. The van der Waals surface area contributed by atoms with Crippen molar-refractivity contribution in [1.82, 2.24) is 24.3 Å². The number of methoxy groups -OCH3 is 2. The van der Waals surface area contributed by atoms with E-state index in [0.717, 1.165) is 89.6 Å². The fourth-order valence-corrected chi connectivity index (χ4v) is 7.59. The first-order valence-electron chi connectivity index (χ1n) is 17.9. The Balaban J connectivity index is 1.12. The molecule has 2 aromatic heterocycles. The van der Waals surface area contributed by atoms with Gasteiger partial charge in [0.15, 0.2) is 0 Å². The average molecular weight is 701 g/mol. The second kappa shape index (κ2) is 15.6. The standard InChI is InChI=1S/C42H48N6O4/c1-27-11-13-44-34(19-27)20-33(23-43)42(50)48-14-12-36-31(9-8-10-35(36)30(48)4)24-46-15-17-47(18-16-46)26-38-39(51-6)21-32(22-40(38)52-7)37-25-45(5)41(49)29(3)28(37)2/h8-11,13,19-22,25,30H,12,14-18,24,26H2,1-7H3/b33-20+. The fraction of sp³-hybridized carbons (Fsp3) is 0.381. The lowest BCUT2D eigenvalue weighted by Crippen LogP contribution is -2.45. The first-order chi connectivity index (χ1) is 25.0. The van der Waals surface area contributed by atoms with Gasteiger partial charge in [-0.3, -0.25) is 24.4 Å². The Bertz CT molecular complexity index is 2100. The highest BCUT2D eigenvalue weighted by molar-refractivity contribution is 6.01. The minimum absolute atomic E-state index is 0.00637. The summed E-state index contributed by atoms with van der Waals surface area (Å²) in [5, 5.41) is 9.88. The van der Waals surface area contributed by atoms with Crippen molar-refractivity contribution in [3.8, 4) is 28.7 Å². The molecule has 1 unspecified atom stereocenters. The number of hydrogen-bond donors (Lipinski definition) is 0. The molecule has 0 saturated carbocycles. The number of amides is 1. The van der Waals surface area contributed by atoms with Crippen LogP contribution in [0.5, 0.6) is 11.5 Å². The molecule has 2 aromatic carbocycles. The number of aryl methyl sites for hydroxylation is 2. The van der Waals surface area contributed by atoms with Gasteiger partial charge in [0.25, 0.3) is 11.5 Å². The van der Waals surface area contributed by atoms with E-state index < -0.39 is 0 Å². The number of fused-ring (bicyclic) bond motifs is 1. The third-order valence-corrected chi connectivity index (χ3v) is 10.8. The summed E-state index contributed by atoms with van der Waals surface area (Å²) < 4.78 is 13.5. The van der Waals surface area contributed by atoms with Crippen LogP contribution in [0.3, 0.4) is 0 Å². The summed E-state index contributed by atoms with van der Waals surface area (Å²) in [6, 6.07) is 16.3. The molecule has 0 aliphatic carbocycles. The van der Waals surface area contributed by atoms with E-state index in [1.165, 1.54) is 11.1 Å². The summed E-state index contributed by atoms with van der Waals surface area (Å²) in [6.07, 6.45) is 5.91. The predicted molar refractivity (Wildman–Crippen MR) is 203 cm³/mol. The zero-order valence-electron chi connectivity index (χ0n) is 31.3. The van der Waals surface area contributed by atoms with Crippen LogP contribution in [0.15, 0.2) is 65.2 Å². The number of aromatic nitrogens is 2. The predicted octanol–water partition coefficient (Wildman–Crippen LogP) is 5.76. The van der Waals surface area contributed by atoms with Crippen molar-refractivity contribution in [3.63, 3.8) is 0 Å². The van der Waals surface area contributed by atoms with E-state index in [9.17, 15) is 14.9 Å².